The van der Waals surface area contributed by atoms with E-state index in [-0.39, 0.29) is 5.75 Å². The number of unbranched alkanes of at least 4 members (excludes halogenated alkanes) is 1. The average molecular weight is 300 g/mol. The molecule has 0 saturated carbocycles. The predicted octanol–water partition coefficient (Wildman–Crippen LogP) is 2.46. The number of rotatable bonds is 7. The van der Waals surface area contributed by atoms with Crippen molar-refractivity contribution in [1.29, 1.82) is 0 Å². The van der Waals surface area contributed by atoms with Crippen molar-refractivity contribution in [1.82, 2.24) is 0 Å². The summed E-state index contributed by atoms with van der Waals surface area (Å²) in [4.78, 5) is 2.22. The van der Waals surface area contributed by atoms with Gasteiger partial charge in [0.25, 0.3) is 10.1 Å². The van der Waals surface area contributed by atoms with Gasteiger partial charge in [-0.3, -0.25) is 4.55 Å². The number of anilines is 2. The zero-order valence-electron chi connectivity index (χ0n) is 12.3. The number of hydrogen-bond donors (Lipinski definition) is 2. The lowest BCUT2D eigenvalue weighted by Crippen LogP contribution is -2.32. The first-order valence-electron chi connectivity index (χ1n) is 6.78. The van der Waals surface area contributed by atoms with Gasteiger partial charge in [0, 0.05) is 24.0 Å². The first kappa shape index (κ1) is 16.8. The Morgan fingerprint density at radius 3 is 2.45 bits per heavy atom. The molecule has 0 spiro atoms. The summed E-state index contributed by atoms with van der Waals surface area (Å²) in [6, 6.07) is 6.11. The van der Waals surface area contributed by atoms with E-state index in [0.717, 1.165) is 23.5 Å². The van der Waals surface area contributed by atoms with Crippen LogP contribution in [-0.4, -0.2) is 31.3 Å². The van der Waals surface area contributed by atoms with Crippen LogP contribution < -0.4 is 10.6 Å². The number of nitrogens with two attached hydrogens (primary N) is 1. The highest BCUT2D eigenvalue weighted by Gasteiger charge is 2.13. The van der Waals surface area contributed by atoms with Crippen molar-refractivity contribution in [2.45, 2.75) is 39.7 Å². The van der Waals surface area contributed by atoms with Crippen LogP contribution in [0.25, 0.3) is 0 Å². The Bertz CT molecular complexity index is 541. The molecule has 20 heavy (non-hydrogen) atoms. The number of aryl methyl sites for hydroxylation is 1. The third-order valence-corrected chi connectivity index (χ3v) is 4.01. The smallest absolute Gasteiger partial charge is 0.264 e. The summed E-state index contributed by atoms with van der Waals surface area (Å²) in [6.45, 7) is 6.95. The molecule has 3 N–H and O–H groups in total. The molecule has 0 aromatic heterocycles. The minimum absolute atomic E-state index is 0.181. The molecule has 0 unspecified atom stereocenters. The molecule has 0 atom stereocenters. The lowest BCUT2D eigenvalue weighted by Gasteiger charge is -2.30. The zero-order valence-corrected chi connectivity index (χ0v) is 13.2. The van der Waals surface area contributed by atoms with Gasteiger partial charge in [-0.25, -0.2) is 0 Å². The molecule has 0 bridgehead atoms. The highest BCUT2D eigenvalue weighted by molar-refractivity contribution is 7.85. The van der Waals surface area contributed by atoms with Gasteiger partial charge >= 0.3 is 0 Å². The van der Waals surface area contributed by atoms with E-state index in [2.05, 4.69) is 18.7 Å². The number of hydrogen-bond acceptors (Lipinski definition) is 4. The molecule has 0 amide bonds. The second kappa shape index (κ2) is 6.95. The van der Waals surface area contributed by atoms with Gasteiger partial charge in [0.2, 0.25) is 0 Å². The molecule has 0 saturated heterocycles. The fourth-order valence-corrected chi connectivity index (χ4v) is 2.79. The molecule has 0 fully saturated rings. The quantitative estimate of drug-likeness (QED) is 0.459. The fourth-order valence-electron chi connectivity index (χ4n) is 2.22. The van der Waals surface area contributed by atoms with E-state index in [9.17, 15) is 8.42 Å². The number of benzene rings is 1. The Morgan fingerprint density at radius 1 is 1.30 bits per heavy atom. The van der Waals surface area contributed by atoms with Gasteiger partial charge in [0.1, 0.15) is 0 Å². The van der Waals surface area contributed by atoms with Crippen LogP contribution in [0.2, 0.25) is 0 Å². The number of nitrogens with zero attached hydrogens (tertiary/aromatic N) is 1. The molecule has 0 radical (unpaired) electrons. The van der Waals surface area contributed by atoms with Crippen molar-refractivity contribution in [2.24, 2.45) is 0 Å². The highest BCUT2D eigenvalue weighted by Crippen LogP contribution is 2.24. The highest BCUT2D eigenvalue weighted by atomic mass is 32.2. The van der Waals surface area contributed by atoms with E-state index < -0.39 is 10.1 Å². The Morgan fingerprint density at radius 2 is 1.95 bits per heavy atom. The lowest BCUT2D eigenvalue weighted by atomic mass is 10.1. The third kappa shape index (κ3) is 5.38. The van der Waals surface area contributed by atoms with Gasteiger partial charge in [-0.05, 0) is 57.4 Å². The largest absolute Gasteiger partial charge is 0.399 e. The van der Waals surface area contributed by atoms with E-state index >= 15 is 0 Å². The summed E-state index contributed by atoms with van der Waals surface area (Å²) in [6.07, 6.45) is 1.16. The standard InChI is InChI=1S/C14H24N2O3S/c1-11(2)16(8-4-5-9-20(17,18)19)14-7-6-13(15)10-12(14)3/h6-7,10-11H,4-5,8-9,15H2,1-3H3,(H,17,18,19). The number of nitrogen functional groups attached to an aromatic ring is 1. The molecule has 0 aliphatic carbocycles. The van der Waals surface area contributed by atoms with E-state index in [1.165, 1.54) is 0 Å². The van der Waals surface area contributed by atoms with E-state index in [1.807, 2.05) is 25.1 Å². The van der Waals surface area contributed by atoms with Crippen molar-refractivity contribution in [3.8, 4) is 0 Å². The predicted molar refractivity (Wildman–Crippen MR) is 83.7 cm³/mol. The summed E-state index contributed by atoms with van der Waals surface area (Å²) in [5.41, 5.74) is 8.71. The second-order valence-corrected chi connectivity index (χ2v) is 6.90. The Labute approximate surface area is 121 Å². The molecule has 5 nitrogen and oxygen atoms in total. The lowest BCUT2D eigenvalue weighted by molar-refractivity contribution is 0.479. The van der Waals surface area contributed by atoms with Gasteiger partial charge in [-0.15, -0.1) is 0 Å². The molecule has 114 valence electrons. The molecular formula is C14H24N2O3S. The van der Waals surface area contributed by atoms with Crippen molar-refractivity contribution >= 4 is 21.5 Å². The minimum Gasteiger partial charge on any atom is -0.399 e. The first-order valence-corrected chi connectivity index (χ1v) is 8.39. The summed E-state index contributed by atoms with van der Waals surface area (Å²) in [5.74, 6) is -0.181. The Hall–Kier alpha value is -1.27. The van der Waals surface area contributed by atoms with Crippen LogP contribution in [0.4, 0.5) is 11.4 Å². The fraction of sp³-hybridized carbons (Fsp3) is 0.571. The normalized spacial score (nSPS) is 11.8. The van der Waals surface area contributed by atoms with Crippen LogP contribution in [0.5, 0.6) is 0 Å². The molecule has 0 heterocycles. The minimum atomic E-state index is -3.86. The topological polar surface area (TPSA) is 83.6 Å². The van der Waals surface area contributed by atoms with Gasteiger partial charge in [-0.1, -0.05) is 0 Å². The second-order valence-electron chi connectivity index (χ2n) is 5.33. The Balaban J connectivity index is 2.70. The summed E-state index contributed by atoms with van der Waals surface area (Å²) in [5, 5.41) is 0. The van der Waals surface area contributed by atoms with Crippen molar-refractivity contribution in [3.05, 3.63) is 23.8 Å². The monoisotopic (exact) mass is 300 g/mol. The SMILES string of the molecule is Cc1cc(N)ccc1N(CCCCS(=O)(=O)O)C(C)C. The average Bonchev–Trinajstić information content (AvgIpc) is 2.29. The maximum atomic E-state index is 10.7. The van der Waals surface area contributed by atoms with E-state index in [1.54, 1.807) is 0 Å². The zero-order chi connectivity index (χ0) is 15.3. The Kier molecular flexibility index (Phi) is 5.83. The van der Waals surface area contributed by atoms with Crippen LogP contribution in [-0.2, 0) is 10.1 Å². The summed E-state index contributed by atoms with van der Waals surface area (Å²) < 4.78 is 30.1. The molecule has 6 heteroatoms. The first-order chi connectivity index (χ1) is 9.20. The van der Waals surface area contributed by atoms with Crippen LogP contribution in [0.15, 0.2) is 18.2 Å². The molecular weight excluding hydrogens is 276 g/mol. The molecule has 1 rings (SSSR count). The van der Waals surface area contributed by atoms with E-state index in [4.69, 9.17) is 10.3 Å². The maximum Gasteiger partial charge on any atom is 0.264 e. The van der Waals surface area contributed by atoms with Crippen LogP contribution >= 0.6 is 0 Å². The van der Waals surface area contributed by atoms with Gasteiger partial charge in [-0.2, -0.15) is 8.42 Å². The van der Waals surface area contributed by atoms with Crippen LogP contribution in [0, 0.1) is 6.92 Å². The van der Waals surface area contributed by atoms with Gasteiger partial charge in [0.15, 0.2) is 0 Å². The maximum absolute atomic E-state index is 10.7. The van der Waals surface area contributed by atoms with Crippen LogP contribution in [0.3, 0.4) is 0 Å². The van der Waals surface area contributed by atoms with Crippen molar-refractivity contribution < 1.29 is 13.0 Å². The molecule has 1 aromatic rings. The molecule has 0 aliphatic heterocycles. The summed E-state index contributed by atoms with van der Waals surface area (Å²) in [7, 11) is -3.86. The van der Waals surface area contributed by atoms with Crippen LogP contribution in [0.1, 0.15) is 32.3 Å². The van der Waals surface area contributed by atoms with Crippen molar-refractivity contribution in [2.75, 3.05) is 22.9 Å². The van der Waals surface area contributed by atoms with Gasteiger partial charge < -0.3 is 10.6 Å². The van der Waals surface area contributed by atoms with Crippen molar-refractivity contribution in [3.63, 3.8) is 0 Å². The molecule has 0 aliphatic rings. The third-order valence-electron chi connectivity index (χ3n) is 3.20. The molecule has 1 aromatic carbocycles. The summed E-state index contributed by atoms with van der Waals surface area (Å²) >= 11 is 0. The van der Waals surface area contributed by atoms with E-state index in [0.29, 0.717) is 18.9 Å². The van der Waals surface area contributed by atoms with Gasteiger partial charge in [0.05, 0.1) is 5.75 Å².